The lowest BCUT2D eigenvalue weighted by molar-refractivity contribution is -0.973. The van der Waals surface area contributed by atoms with E-state index in [1.54, 1.807) is 20.8 Å². The van der Waals surface area contributed by atoms with Crippen molar-refractivity contribution >= 4 is 17.9 Å². The highest BCUT2D eigenvalue weighted by Crippen LogP contribution is 2.32. The number of rotatable bonds is 27. The molecule has 0 heterocycles. The molecule has 0 aliphatic rings. The summed E-state index contributed by atoms with van der Waals surface area (Å²) in [6.07, 6.45) is 24.0. The highest BCUT2D eigenvalue weighted by molar-refractivity contribution is 5.78. The minimum Gasteiger partial charge on any atom is -0.477 e. The number of hydrogen-bond acceptors (Lipinski definition) is 3. The predicted molar refractivity (Wildman–Crippen MR) is 159 cm³/mol. The van der Waals surface area contributed by atoms with Crippen LogP contribution >= 0.6 is 0 Å². The van der Waals surface area contributed by atoms with Crippen molar-refractivity contribution in [2.45, 2.75) is 168 Å². The smallest absolute Gasteiger partial charge is 0.362 e. The van der Waals surface area contributed by atoms with Gasteiger partial charge in [0.2, 0.25) is 0 Å². The predicted octanol–water partition coefficient (Wildman–Crippen LogP) is 8.21. The van der Waals surface area contributed by atoms with Crippen LogP contribution in [0.25, 0.3) is 0 Å². The number of carboxylic acid groups (broad SMARTS) is 3. The Balaban J connectivity index is 4.56. The molecule has 0 rings (SSSR count). The van der Waals surface area contributed by atoms with Gasteiger partial charge in [-0.05, 0) is 32.1 Å². The first-order valence-corrected chi connectivity index (χ1v) is 15.9. The molecule has 39 heavy (non-hydrogen) atoms. The number of quaternary nitrogens is 1. The summed E-state index contributed by atoms with van der Waals surface area (Å²) in [4.78, 5) is 36.8. The largest absolute Gasteiger partial charge is 0.477 e. The summed E-state index contributed by atoms with van der Waals surface area (Å²) in [5, 5.41) is 30.0. The van der Waals surface area contributed by atoms with Crippen LogP contribution in [0.15, 0.2) is 12.2 Å². The van der Waals surface area contributed by atoms with E-state index in [2.05, 4.69) is 19.1 Å². The quantitative estimate of drug-likeness (QED) is 0.0536. The number of aliphatic carboxylic acids is 3. The average Bonchev–Trinajstić information content (AvgIpc) is 2.88. The molecular weight excluding hydrogens is 494 g/mol. The molecule has 0 amide bonds. The van der Waals surface area contributed by atoms with Crippen LogP contribution in [0.3, 0.4) is 0 Å². The van der Waals surface area contributed by atoms with Crippen molar-refractivity contribution in [2.24, 2.45) is 0 Å². The topological polar surface area (TPSA) is 112 Å². The zero-order valence-corrected chi connectivity index (χ0v) is 25.5. The second-order valence-electron chi connectivity index (χ2n) is 11.2. The van der Waals surface area contributed by atoms with Crippen LogP contribution in [0, 0.1) is 0 Å². The Kier molecular flexibility index (Phi) is 21.8. The second-order valence-corrected chi connectivity index (χ2v) is 11.2. The van der Waals surface area contributed by atoms with Crippen LogP contribution in [0.2, 0.25) is 0 Å². The van der Waals surface area contributed by atoms with Crippen molar-refractivity contribution in [2.75, 3.05) is 6.54 Å². The first-order valence-electron chi connectivity index (χ1n) is 15.9. The van der Waals surface area contributed by atoms with E-state index in [0.717, 1.165) is 19.3 Å². The zero-order valence-electron chi connectivity index (χ0n) is 25.5. The van der Waals surface area contributed by atoms with E-state index in [4.69, 9.17) is 0 Å². The van der Waals surface area contributed by atoms with Crippen LogP contribution in [-0.2, 0) is 14.4 Å². The van der Waals surface area contributed by atoms with E-state index in [-0.39, 0.29) is 25.8 Å². The molecule has 0 aliphatic heterocycles. The minimum absolute atomic E-state index is 0.193. The fraction of sp³-hybridized carbons (Fsp3) is 0.844. The minimum atomic E-state index is -1.11. The van der Waals surface area contributed by atoms with Crippen molar-refractivity contribution in [3.63, 3.8) is 0 Å². The summed E-state index contributed by atoms with van der Waals surface area (Å²) in [5.74, 6) is -3.34. The highest BCUT2D eigenvalue weighted by atomic mass is 16.4. The SMILES string of the molecule is CCCC/C=C/CCCCCCCCCCCCCC[N+](C(CC)C(=O)O)(C(CC)C(=O)O)C(CC)C(=O)O. The van der Waals surface area contributed by atoms with Crippen LogP contribution < -0.4 is 0 Å². The molecule has 3 atom stereocenters. The lowest BCUT2D eigenvalue weighted by Crippen LogP contribution is -2.72. The number of carboxylic acids is 3. The summed E-state index contributed by atoms with van der Waals surface area (Å²) >= 11 is 0. The number of carbonyl (C=O) groups is 3. The normalized spacial score (nSPS) is 15.6. The van der Waals surface area contributed by atoms with Gasteiger partial charge in [-0.1, -0.05) is 110 Å². The molecule has 0 aromatic rings. The second kappa shape index (κ2) is 22.9. The Morgan fingerprint density at radius 2 is 0.821 bits per heavy atom. The van der Waals surface area contributed by atoms with Gasteiger partial charge in [-0.15, -0.1) is 0 Å². The van der Waals surface area contributed by atoms with Gasteiger partial charge in [0.1, 0.15) is 0 Å². The average molecular weight is 555 g/mol. The first kappa shape index (κ1) is 37.1. The Bertz CT molecular complexity index is 637. The molecule has 228 valence electrons. The molecule has 0 spiro atoms. The molecule has 0 aliphatic carbocycles. The molecule has 0 bridgehead atoms. The number of nitrogens with zero attached hydrogens (tertiary/aromatic N) is 1. The monoisotopic (exact) mass is 554 g/mol. The summed E-state index contributed by atoms with van der Waals surface area (Å²) in [7, 11) is 0. The van der Waals surface area contributed by atoms with E-state index >= 15 is 0 Å². The fourth-order valence-electron chi connectivity index (χ4n) is 6.25. The maximum Gasteiger partial charge on any atom is 0.362 e. The molecular formula is C32H60NO6+. The van der Waals surface area contributed by atoms with Gasteiger partial charge >= 0.3 is 17.9 Å². The standard InChI is InChI=1S/C32H59NO6/c1-5-9-10-11-12-13-14-15-16-17-18-19-20-21-22-23-24-25-26-33(27(6-2)30(34)35,28(7-3)31(36)37)29(8-4)32(38)39/h11-12,27-29H,5-10,13-26H2,1-4H3,(H2-,34,35,36,37,38,39)/p+1/b12-11+. The fourth-order valence-corrected chi connectivity index (χ4v) is 6.25. The maximum atomic E-state index is 12.3. The van der Waals surface area contributed by atoms with Crippen molar-refractivity contribution in [3.05, 3.63) is 12.2 Å². The van der Waals surface area contributed by atoms with Gasteiger partial charge in [-0.3, -0.25) is 4.48 Å². The third-order valence-corrected chi connectivity index (χ3v) is 8.31. The van der Waals surface area contributed by atoms with E-state index in [1.807, 2.05) is 0 Å². The van der Waals surface area contributed by atoms with E-state index in [1.165, 1.54) is 77.0 Å². The van der Waals surface area contributed by atoms with Crippen molar-refractivity contribution < 1.29 is 34.2 Å². The van der Waals surface area contributed by atoms with E-state index < -0.39 is 40.5 Å². The molecule has 3 N–H and O–H groups in total. The third kappa shape index (κ3) is 13.8. The first-order chi connectivity index (χ1) is 18.7. The Morgan fingerprint density at radius 3 is 1.13 bits per heavy atom. The third-order valence-electron chi connectivity index (χ3n) is 8.31. The number of unbranched alkanes of at least 4 members (excludes halogenated alkanes) is 14. The van der Waals surface area contributed by atoms with E-state index in [0.29, 0.717) is 6.42 Å². The van der Waals surface area contributed by atoms with Gasteiger partial charge in [0.15, 0.2) is 18.1 Å². The number of hydrogen-bond donors (Lipinski definition) is 3. The van der Waals surface area contributed by atoms with Crippen molar-refractivity contribution in [3.8, 4) is 0 Å². The molecule has 0 fully saturated rings. The van der Waals surface area contributed by atoms with Gasteiger partial charge < -0.3 is 15.3 Å². The summed E-state index contributed by atoms with van der Waals surface area (Å²) in [6, 6.07) is -3.18. The Morgan fingerprint density at radius 1 is 0.513 bits per heavy atom. The van der Waals surface area contributed by atoms with Crippen LogP contribution in [0.4, 0.5) is 0 Å². The maximum absolute atomic E-state index is 12.3. The van der Waals surface area contributed by atoms with Crippen LogP contribution in [0.5, 0.6) is 0 Å². The van der Waals surface area contributed by atoms with Gasteiger partial charge in [-0.25, -0.2) is 14.4 Å². The Labute approximate surface area is 238 Å². The molecule has 7 heteroatoms. The highest BCUT2D eigenvalue weighted by Gasteiger charge is 2.55. The van der Waals surface area contributed by atoms with Gasteiger partial charge in [0, 0.05) is 19.3 Å². The van der Waals surface area contributed by atoms with Crippen LogP contribution in [-0.4, -0.2) is 62.4 Å². The summed E-state index contributed by atoms with van der Waals surface area (Å²) in [6.45, 7) is 7.62. The molecule has 7 nitrogen and oxygen atoms in total. The molecule has 0 radical (unpaired) electrons. The van der Waals surface area contributed by atoms with Gasteiger partial charge in [0.25, 0.3) is 0 Å². The zero-order chi connectivity index (χ0) is 29.5. The van der Waals surface area contributed by atoms with Crippen LogP contribution in [0.1, 0.15) is 150 Å². The van der Waals surface area contributed by atoms with Crippen molar-refractivity contribution in [1.29, 1.82) is 0 Å². The number of allylic oxidation sites excluding steroid dienone is 2. The lowest BCUT2D eigenvalue weighted by Gasteiger charge is -2.49. The molecule has 3 unspecified atom stereocenters. The lowest BCUT2D eigenvalue weighted by atomic mass is 9.93. The van der Waals surface area contributed by atoms with Crippen molar-refractivity contribution in [1.82, 2.24) is 0 Å². The van der Waals surface area contributed by atoms with Gasteiger partial charge in [-0.2, -0.15) is 0 Å². The van der Waals surface area contributed by atoms with Gasteiger partial charge in [0.05, 0.1) is 6.54 Å². The summed E-state index contributed by atoms with van der Waals surface area (Å²) < 4.78 is -0.404. The molecule has 0 saturated carbocycles. The summed E-state index contributed by atoms with van der Waals surface area (Å²) in [5.41, 5.74) is 0. The molecule has 0 saturated heterocycles. The Hall–Kier alpha value is -1.89. The molecule has 0 aromatic carbocycles. The molecule has 0 aromatic heterocycles. The van der Waals surface area contributed by atoms with E-state index in [9.17, 15) is 29.7 Å².